The first-order valence-electron chi connectivity index (χ1n) is 10.8. The number of likely N-dealkylation sites (N-methyl/N-ethyl adjacent to an activating group) is 1. The van der Waals surface area contributed by atoms with Gasteiger partial charge in [-0.3, -0.25) is 9.79 Å². The molecule has 0 spiro atoms. The largest absolute Gasteiger partial charge is 0.352 e. The monoisotopic (exact) mass is 422 g/mol. The summed E-state index contributed by atoms with van der Waals surface area (Å²) in [5.41, 5.74) is 3.83. The Hall–Kier alpha value is -2.15. The molecule has 1 fully saturated rings. The Bertz CT molecular complexity index is 935. The van der Waals surface area contributed by atoms with Gasteiger partial charge in [-0.2, -0.15) is 0 Å². The minimum absolute atomic E-state index is 0.0174. The third kappa shape index (κ3) is 4.94. The van der Waals surface area contributed by atoms with Crippen molar-refractivity contribution in [3.05, 3.63) is 53.6 Å². The van der Waals surface area contributed by atoms with Crippen molar-refractivity contribution in [1.29, 1.82) is 0 Å². The Morgan fingerprint density at radius 3 is 2.70 bits per heavy atom. The molecule has 2 aliphatic heterocycles. The third-order valence-electron chi connectivity index (χ3n) is 5.76. The van der Waals surface area contributed by atoms with E-state index in [0.29, 0.717) is 12.1 Å². The number of nitrogens with one attached hydrogen (secondary N) is 1. The number of amides is 1. The van der Waals surface area contributed by atoms with Gasteiger partial charge >= 0.3 is 0 Å². The molecular weight excluding hydrogens is 392 g/mol. The summed E-state index contributed by atoms with van der Waals surface area (Å²) in [6, 6.07) is 14.3. The van der Waals surface area contributed by atoms with Gasteiger partial charge in [0.2, 0.25) is 0 Å². The zero-order valence-corrected chi connectivity index (χ0v) is 18.7. The van der Waals surface area contributed by atoms with Crippen LogP contribution in [-0.2, 0) is 0 Å². The molecule has 158 valence electrons. The van der Waals surface area contributed by atoms with Crippen molar-refractivity contribution in [2.24, 2.45) is 4.99 Å². The van der Waals surface area contributed by atoms with Crippen LogP contribution in [0.25, 0.3) is 0 Å². The van der Waals surface area contributed by atoms with Crippen molar-refractivity contribution in [2.75, 3.05) is 46.3 Å². The molecule has 30 heavy (non-hydrogen) atoms. The minimum atomic E-state index is -0.0174. The highest BCUT2D eigenvalue weighted by molar-refractivity contribution is 7.99. The second-order valence-electron chi connectivity index (χ2n) is 7.95. The van der Waals surface area contributed by atoms with E-state index in [1.807, 2.05) is 18.2 Å². The minimum Gasteiger partial charge on any atom is -0.352 e. The fourth-order valence-corrected chi connectivity index (χ4v) is 4.92. The Morgan fingerprint density at radius 1 is 1.10 bits per heavy atom. The van der Waals surface area contributed by atoms with Gasteiger partial charge in [-0.15, -0.1) is 0 Å². The van der Waals surface area contributed by atoms with Gasteiger partial charge in [0.1, 0.15) is 0 Å². The summed E-state index contributed by atoms with van der Waals surface area (Å²) in [6.45, 7) is 8.36. The molecule has 5 nitrogen and oxygen atoms in total. The van der Waals surface area contributed by atoms with Crippen molar-refractivity contribution in [3.8, 4) is 0 Å². The lowest BCUT2D eigenvalue weighted by atomic mass is 10.1. The van der Waals surface area contributed by atoms with Gasteiger partial charge < -0.3 is 15.1 Å². The topological polar surface area (TPSA) is 47.9 Å². The number of piperazine rings is 1. The maximum atomic E-state index is 12.7. The van der Waals surface area contributed by atoms with Crippen LogP contribution >= 0.6 is 11.8 Å². The molecule has 2 aromatic carbocycles. The molecule has 1 saturated heterocycles. The zero-order chi connectivity index (χ0) is 20.9. The Kier molecular flexibility index (Phi) is 6.87. The average Bonchev–Trinajstić information content (AvgIpc) is 2.93. The number of carbonyl (C=O) groups is 1. The Morgan fingerprint density at radius 2 is 1.90 bits per heavy atom. The molecule has 2 aromatic rings. The highest BCUT2D eigenvalue weighted by Crippen LogP contribution is 2.41. The predicted molar refractivity (Wildman–Crippen MR) is 124 cm³/mol. The smallest absolute Gasteiger partial charge is 0.251 e. The molecule has 0 unspecified atom stereocenters. The van der Waals surface area contributed by atoms with Crippen LogP contribution in [0.2, 0.25) is 0 Å². The molecule has 2 aliphatic rings. The number of rotatable bonds is 6. The van der Waals surface area contributed by atoms with E-state index in [4.69, 9.17) is 4.99 Å². The summed E-state index contributed by atoms with van der Waals surface area (Å²) in [5, 5.41) is 3.08. The van der Waals surface area contributed by atoms with E-state index in [1.165, 1.54) is 10.5 Å². The number of benzene rings is 2. The number of aliphatic imine (C=N–C) groups is 1. The van der Waals surface area contributed by atoms with Crippen LogP contribution in [0.5, 0.6) is 0 Å². The normalized spacial score (nSPS) is 16.9. The summed E-state index contributed by atoms with van der Waals surface area (Å²) >= 11 is 1.73. The van der Waals surface area contributed by atoms with Crippen molar-refractivity contribution in [3.63, 3.8) is 0 Å². The van der Waals surface area contributed by atoms with Crippen LogP contribution in [0.1, 0.15) is 35.7 Å². The van der Waals surface area contributed by atoms with Gasteiger partial charge in [-0.05, 0) is 50.7 Å². The van der Waals surface area contributed by atoms with E-state index in [0.717, 1.165) is 61.9 Å². The van der Waals surface area contributed by atoms with Gasteiger partial charge in [-0.25, -0.2) is 0 Å². The van der Waals surface area contributed by atoms with Gasteiger partial charge in [0.15, 0.2) is 0 Å². The van der Waals surface area contributed by atoms with E-state index < -0.39 is 0 Å². The molecule has 1 amide bonds. The Labute approximate surface area is 183 Å². The second kappa shape index (κ2) is 9.77. The molecule has 1 N–H and O–H groups in total. The fraction of sp³-hybridized carbons (Fsp3) is 0.417. The first-order valence-corrected chi connectivity index (χ1v) is 11.6. The highest BCUT2D eigenvalue weighted by Gasteiger charge is 2.18. The summed E-state index contributed by atoms with van der Waals surface area (Å²) in [6.07, 6.45) is 1.84. The molecule has 0 saturated carbocycles. The third-order valence-corrected chi connectivity index (χ3v) is 6.90. The van der Waals surface area contributed by atoms with E-state index in [1.54, 1.807) is 11.8 Å². The summed E-state index contributed by atoms with van der Waals surface area (Å²) in [4.78, 5) is 24.8. The van der Waals surface area contributed by atoms with E-state index >= 15 is 0 Å². The zero-order valence-electron chi connectivity index (χ0n) is 17.9. The molecule has 0 radical (unpaired) electrons. The van der Waals surface area contributed by atoms with Gasteiger partial charge in [0.05, 0.1) is 5.69 Å². The van der Waals surface area contributed by atoms with Crippen molar-refractivity contribution < 1.29 is 4.79 Å². The standard InChI is InChI=1S/C24H30N4OS/c1-3-20-19-7-4-5-8-22(19)30-23-10-9-18(17-21(23)26-20)24(29)25-11-6-12-28-15-13-27(2)14-16-28/h4-5,7-10,17H,3,6,11-16H2,1-2H3,(H,25,29). The molecular formula is C24H30N4OS. The van der Waals surface area contributed by atoms with E-state index in [2.05, 4.69) is 53.4 Å². The molecule has 0 aliphatic carbocycles. The number of hydrogen-bond acceptors (Lipinski definition) is 5. The number of carbonyl (C=O) groups excluding carboxylic acids is 1. The molecule has 0 aromatic heterocycles. The van der Waals surface area contributed by atoms with Crippen LogP contribution < -0.4 is 5.32 Å². The Balaban J connectivity index is 1.38. The van der Waals surface area contributed by atoms with Crippen LogP contribution in [0, 0.1) is 0 Å². The predicted octanol–water partition coefficient (Wildman–Crippen LogP) is 4.05. The van der Waals surface area contributed by atoms with Crippen LogP contribution in [0.3, 0.4) is 0 Å². The summed E-state index contributed by atoms with van der Waals surface area (Å²) in [5.74, 6) is -0.0174. The lowest BCUT2D eigenvalue weighted by molar-refractivity contribution is 0.0949. The molecule has 2 heterocycles. The molecule has 6 heteroatoms. The maximum Gasteiger partial charge on any atom is 0.251 e. The maximum absolute atomic E-state index is 12.7. The van der Waals surface area contributed by atoms with Crippen LogP contribution in [0.4, 0.5) is 5.69 Å². The van der Waals surface area contributed by atoms with Gasteiger partial charge in [-0.1, -0.05) is 36.9 Å². The summed E-state index contributed by atoms with van der Waals surface area (Å²) in [7, 11) is 2.17. The number of fused-ring (bicyclic) bond motifs is 2. The average molecular weight is 423 g/mol. The van der Waals surface area contributed by atoms with Crippen molar-refractivity contribution in [2.45, 2.75) is 29.6 Å². The van der Waals surface area contributed by atoms with Crippen LogP contribution in [0.15, 0.2) is 57.2 Å². The fourth-order valence-electron chi connectivity index (χ4n) is 3.90. The lowest BCUT2D eigenvalue weighted by Crippen LogP contribution is -2.45. The highest BCUT2D eigenvalue weighted by atomic mass is 32.2. The van der Waals surface area contributed by atoms with E-state index in [9.17, 15) is 4.79 Å². The lowest BCUT2D eigenvalue weighted by Gasteiger charge is -2.32. The quantitative estimate of drug-likeness (QED) is 0.714. The van der Waals surface area contributed by atoms with Gasteiger partial charge in [0, 0.05) is 59.4 Å². The van der Waals surface area contributed by atoms with E-state index in [-0.39, 0.29) is 5.91 Å². The number of nitrogens with zero attached hydrogens (tertiary/aromatic N) is 3. The van der Waals surface area contributed by atoms with Crippen molar-refractivity contribution >= 4 is 29.1 Å². The SMILES string of the molecule is CCC1=Nc2cc(C(=O)NCCCN3CCN(C)CC3)ccc2Sc2ccccc21. The number of hydrogen-bond donors (Lipinski definition) is 1. The molecule has 0 atom stereocenters. The first-order chi connectivity index (χ1) is 14.6. The molecule has 0 bridgehead atoms. The second-order valence-corrected chi connectivity index (χ2v) is 9.03. The molecule has 4 rings (SSSR count). The first kappa shape index (κ1) is 21.1. The van der Waals surface area contributed by atoms with Gasteiger partial charge in [0.25, 0.3) is 5.91 Å². The van der Waals surface area contributed by atoms with Crippen LogP contribution in [-0.4, -0.2) is 67.7 Å². The summed E-state index contributed by atoms with van der Waals surface area (Å²) < 4.78 is 0. The van der Waals surface area contributed by atoms with Crippen molar-refractivity contribution in [1.82, 2.24) is 15.1 Å².